The van der Waals surface area contributed by atoms with Gasteiger partial charge in [-0.2, -0.15) is 10.5 Å². The van der Waals surface area contributed by atoms with Crippen LogP contribution >= 0.6 is 11.3 Å². The van der Waals surface area contributed by atoms with E-state index in [4.69, 9.17) is 0 Å². The van der Waals surface area contributed by atoms with Gasteiger partial charge in [0.15, 0.2) is 17.2 Å². The summed E-state index contributed by atoms with van der Waals surface area (Å²) in [7, 11) is 0. The van der Waals surface area contributed by atoms with Crippen LogP contribution in [0.3, 0.4) is 0 Å². The highest BCUT2D eigenvalue weighted by atomic mass is 32.1. The normalized spacial score (nSPS) is 11.1. The molecular weight excluding hydrogens is 380 g/mol. The fraction of sp³-hybridized carbons (Fsp3) is 0.0952. The zero-order valence-electron chi connectivity index (χ0n) is 15.0. The lowest BCUT2D eigenvalue weighted by Gasteiger charge is -2.06. The van der Waals surface area contributed by atoms with Crippen LogP contribution in [0.4, 0.5) is 8.78 Å². The maximum Gasteiger partial charge on any atom is 0.273 e. The maximum absolute atomic E-state index is 13.5. The predicted molar refractivity (Wildman–Crippen MR) is 103 cm³/mol. The Morgan fingerprint density at radius 3 is 2.36 bits per heavy atom. The summed E-state index contributed by atoms with van der Waals surface area (Å²) in [6.45, 7) is 3.82. The van der Waals surface area contributed by atoms with Crippen molar-refractivity contribution in [3.05, 3.63) is 84.3 Å². The molecule has 0 bridgehead atoms. The summed E-state index contributed by atoms with van der Waals surface area (Å²) < 4.78 is 28.3. The Balaban J connectivity index is 2.39. The molecule has 0 atom stereocenters. The van der Waals surface area contributed by atoms with Gasteiger partial charge < -0.3 is 0 Å². The van der Waals surface area contributed by atoms with Gasteiger partial charge in [0.2, 0.25) is 0 Å². The van der Waals surface area contributed by atoms with E-state index in [0.717, 1.165) is 34.6 Å². The molecule has 0 fully saturated rings. The quantitative estimate of drug-likeness (QED) is 0.672. The van der Waals surface area contributed by atoms with Crippen molar-refractivity contribution in [3.63, 3.8) is 0 Å². The Morgan fingerprint density at radius 1 is 1.04 bits per heavy atom. The molecule has 7 heteroatoms. The van der Waals surface area contributed by atoms with Crippen molar-refractivity contribution >= 4 is 23.0 Å². The highest BCUT2D eigenvalue weighted by Crippen LogP contribution is 2.12. The minimum Gasteiger partial charge on any atom is -0.267 e. The summed E-state index contributed by atoms with van der Waals surface area (Å²) in [6, 6.07) is 12.3. The van der Waals surface area contributed by atoms with E-state index in [-0.39, 0.29) is 14.8 Å². The Kier molecular flexibility index (Phi) is 5.21. The molecule has 0 N–H and O–H groups in total. The van der Waals surface area contributed by atoms with Crippen LogP contribution in [0.25, 0.3) is 17.3 Å². The third-order valence-corrected chi connectivity index (χ3v) is 5.34. The first-order valence-electron chi connectivity index (χ1n) is 8.16. The van der Waals surface area contributed by atoms with E-state index < -0.39 is 17.2 Å². The third-order valence-electron chi connectivity index (χ3n) is 4.25. The van der Waals surface area contributed by atoms with Crippen LogP contribution in [-0.2, 0) is 0 Å². The standard InChI is InChI=1S/C21H13F2N3OS/c1-12-3-5-16(7-13(12)2)26-20(27)19(28-21(26)15(10-24)11-25)9-14-4-6-17(22)18(23)8-14/h3-9H,1-2H3/b19-9+. The molecule has 0 radical (unpaired) electrons. The lowest BCUT2D eigenvalue weighted by molar-refractivity contribution is 0.508. The Morgan fingerprint density at radius 2 is 1.75 bits per heavy atom. The van der Waals surface area contributed by atoms with Crippen molar-refractivity contribution in [2.45, 2.75) is 13.8 Å². The van der Waals surface area contributed by atoms with Crippen LogP contribution in [0.15, 0.2) is 41.2 Å². The van der Waals surface area contributed by atoms with Crippen molar-refractivity contribution in [2.24, 2.45) is 0 Å². The molecular formula is C21H13F2N3OS. The van der Waals surface area contributed by atoms with E-state index in [9.17, 15) is 24.1 Å². The van der Waals surface area contributed by atoms with Crippen molar-refractivity contribution in [1.29, 1.82) is 10.5 Å². The number of aromatic nitrogens is 1. The summed E-state index contributed by atoms with van der Waals surface area (Å²) in [4.78, 5) is 13.0. The molecule has 1 heterocycles. The second-order valence-electron chi connectivity index (χ2n) is 6.10. The maximum atomic E-state index is 13.5. The van der Waals surface area contributed by atoms with Crippen LogP contribution in [0.2, 0.25) is 0 Å². The second kappa shape index (κ2) is 7.59. The van der Waals surface area contributed by atoms with Crippen LogP contribution in [0.5, 0.6) is 0 Å². The molecule has 0 spiro atoms. The minimum atomic E-state index is -1.03. The molecule has 0 aliphatic carbocycles. The van der Waals surface area contributed by atoms with Crippen LogP contribution < -0.4 is 14.8 Å². The van der Waals surface area contributed by atoms with Gasteiger partial charge in [-0.05, 0) is 60.9 Å². The highest BCUT2D eigenvalue weighted by molar-refractivity contribution is 7.07. The number of benzene rings is 2. The molecule has 0 aliphatic rings. The largest absolute Gasteiger partial charge is 0.273 e. The monoisotopic (exact) mass is 393 g/mol. The Hall–Kier alpha value is -3.55. The van der Waals surface area contributed by atoms with Gasteiger partial charge in [-0.3, -0.25) is 9.36 Å². The van der Waals surface area contributed by atoms with E-state index in [1.54, 1.807) is 12.1 Å². The summed E-state index contributed by atoms with van der Waals surface area (Å²) in [5.41, 5.74) is 2.15. The van der Waals surface area contributed by atoms with Crippen molar-refractivity contribution in [2.75, 3.05) is 0 Å². The molecule has 3 rings (SSSR count). The molecule has 0 aliphatic heterocycles. The van der Waals surface area contributed by atoms with Crippen LogP contribution in [0, 0.1) is 48.1 Å². The van der Waals surface area contributed by atoms with Crippen LogP contribution in [-0.4, -0.2) is 4.57 Å². The summed E-state index contributed by atoms with van der Waals surface area (Å²) >= 11 is 0.950. The summed E-state index contributed by atoms with van der Waals surface area (Å²) in [5, 5.41) is 18.6. The molecule has 0 amide bonds. The molecule has 2 aromatic carbocycles. The van der Waals surface area contributed by atoms with Gasteiger partial charge in [-0.1, -0.05) is 12.1 Å². The smallest absolute Gasteiger partial charge is 0.267 e. The third kappa shape index (κ3) is 3.48. The molecule has 1 aromatic heterocycles. The lowest BCUT2D eigenvalue weighted by atomic mass is 10.1. The van der Waals surface area contributed by atoms with Gasteiger partial charge in [0.1, 0.15) is 16.8 Å². The van der Waals surface area contributed by atoms with Crippen LogP contribution in [0.1, 0.15) is 16.7 Å². The van der Waals surface area contributed by atoms with Crippen molar-refractivity contribution < 1.29 is 8.78 Å². The van der Waals surface area contributed by atoms with E-state index in [2.05, 4.69) is 0 Å². The molecule has 0 unspecified atom stereocenters. The number of aryl methyl sites for hydroxylation is 2. The topological polar surface area (TPSA) is 69.6 Å². The van der Waals surface area contributed by atoms with E-state index >= 15 is 0 Å². The zero-order chi connectivity index (χ0) is 20.4. The highest BCUT2D eigenvalue weighted by Gasteiger charge is 2.12. The number of rotatable bonds is 2. The van der Waals surface area contributed by atoms with Crippen molar-refractivity contribution in [1.82, 2.24) is 4.57 Å². The molecule has 0 saturated heterocycles. The Bertz CT molecular complexity index is 1340. The first kappa shape index (κ1) is 19.2. The molecule has 3 aromatic rings. The zero-order valence-corrected chi connectivity index (χ0v) is 15.8. The molecule has 4 nitrogen and oxygen atoms in total. The van der Waals surface area contributed by atoms with Gasteiger partial charge in [0, 0.05) is 0 Å². The number of nitriles is 2. The van der Waals surface area contributed by atoms with Crippen molar-refractivity contribution in [3.8, 4) is 17.8 Å². The number of nitrogens with zero attached hydrogens (tertiary/aromatic N) is 3. The summed E-state index contributed by atoms with van der Waals surface area (Å²) in [5.74, 6) is -2.01. The summed E-state index contributed by atoms with van der Waals surface area (Å²) in [6.07, 6.45) is 1.41. The van der Waals surface area contributed by atoms with E-state index in [1.807, 2.05) is 32.1 Å². The van der Waals surface area contributed by atoms with Gasteiger partial charge in [-0.15, -0.1) is 11.3 Å². The first-order chi connectivity index (χ1) is 13.3. The van der Waals surface area contributed by atoms with Gasteiger partial charge >= 0.3 is 0 Å². The average Bonchev–Trinajstić information content (AvgIpc) is 2.98. The fourth-order valence-corrected chi connectivity index (χ4v) is 3.68. The average molecular weight is 393 g/mol. The number of thiazole rings is 1. The minimum absolute atomic E-state index is 0.187. The molecule has 138 valence electrons. The number of halogens is 2. The molecule has 0 saturated carbocycles. The second-order valence-corrected chi connectivity index (χ2v) is 7.13. The SMILES string of the molecule is Cc1ccc(-n2c(=C(C#N)C#N)s/c(=C/c3ccc(F)c(F)c3)c2=O)cc1C. The number of hydrogen-bond donors (Lipinski definition) is 0. The Labute approximate surface area is 163 Å². The van der Waals surface area contributed by atoms with Gasteiger partial charge in [0.05, 0.1) is 10.2 Å². The fourth-order valence-electron chi connectivity index (χ4n) is 2.62. The van der Waals surface area contributed by atoms with E-state index in [1.165, 1.54) is 16.7 Å². The van der Waals surface area contributed by atoms with Gasteiger partial charge in [0.25, 0.3) is 5.56 Å². The first-order valence-corrected chi connectivity index (χ1v) is 8.98. The van der Waals surface area contributed by atoms with Gasteiger partial charge in [-0.25, -0.2) is 8.78 Å². The predicted octanol–water partition coefficient (Wildman–Crippen LogP) is 2.82. The lowest BCUT2D eigenvalue weighted by Crippen LogP contribution is -2.30. The van der Waals surface area contributed by atoms with E-state index in [0.29, 0.717) is 11.3 Å². The molecule has 28 heavy (non-hydrogen) atoms. The number of hydrogen-bond acceptors (Lipinski definition) is 4.